The molecule has 0 saturated heterocycles. The fraction of sp³-hybridized carbons (Fsp3) is 0.643. The van der Waals surface area contributed by atoms with Crippen LogP contribution in [0.3, 0.4) is 0 Å². The molecule has 4 heteroatoms. The maximum Gasteiger partial charge on any atom is 0.254 e. The maximum absolute atomic E-state index is 11.7. The minimum atomic E-state index is -0.569. The summed E-state index contributed by atoms with van der Waals surface area (Å²) >= 11 is 0. The van der Waals surface area contributed by atoms with Crippen molar-refractivity contribution >= 4 is 17.6 Å². The van der Waals surface area contributed by atoms with E-state index in [4.69, 9.17) is 0 Å². The first kappa shape index (κ1) is 14.6. The molecule has 2 atom stereocenters. The summed E-state index contributed by atoms with van der Waals surface area (Å²) in [5.41, 5.74) is -0.569. The Bertz CT molecular complexity index is 391. The van der Waals surface area contributed by atoms with Gasteiger partial charge in [0.05, 0.1) is 0 Å². The third-order valence-electron chi connectivity index (χ3n) is 3.73. The number of rotatable bonds is 5. The summed E-state index contributed by atoms with van der Waals surface area (Å²) in [6.07, 6.45) is 3.21. The van der Waals surface area contributed by atoms with E-state index in [2.05, 4.69) is 0 Å². The number of hydrogen-bond donors (Lipinski definition) is 0. The van der Waals surface area contributed by atoms with Crippen molar-refractivity contribution in [3.8, 4) is 0 Å². The Morgan fingerprint density at radius 1 is 1.22 bits per heavy atom. The standard InChI is InChI=1S/C14H21NO3/c1-9(10(2)11(3)16)8-14(4,5)15-12(17)6-7-13(15)18/h6-7,9-10H,8H2,1-5H3. The molecule has 2 amide bonds. The minimum Gasteiger partial charge on any atom is -0.300 e. The van der Waals surface area contributed by atoms with E-state index in [0.29, 0.717) is 6.42 Å². The van der Waals surface area contributed by atoms with Crippen molar-refractivity contribution in [3.63, 3.8) is 0 Å². The molecular weight excluding hydrogens is 230 g/mol. The SMILES string of the molecule is CC(=O)C(C)C(C)CC(C)(C)N1C(=O)C=CC1=O. The van der Waals surface area contributed by atoms with Crippen LogP contribution in [0, 0.1) is 11.8 Å². The predicted octanol–water partition coefficient (Wildman–Crippen LogP) is 1.94. The lowest BCUT2D eigenvalue weighted by atomic mass is 9.82. The van der Waals surface area contributed by atoms with Crippen molar-refractivity contribution in [2.24, 2.45) is 11.8 Å². The number of ketones is 1. The minimum absolute atomic E-state index is 0.0648. The fourth-order valence-electron chi connectivity index (χ4n) is 2.45. The van der Waals surface area contributed by atoms with Crippen molar-refractivity contribution in [2.75, 3.05) is 0 Å². The highest BCUT2D eigenvalue weighted by molar-refractivity contribution is 6.13. The number of carbonyl (C=O) groups is 3. The van der Waals surface area contributed by atoms with Crippen LogP contribution in [0.1, 0.15) is 41.0 Å². The van der Waals surface area contributed by atoms with E-state index in [1.807, 2.05) is 27.7 Å². The van der Waals surface area contributed by atoms with Gasteiger partial charge in [-0.2, -0.15) is 0 Å². The van der Waals surface area contributed by atoms with Crippen molar-refractivity contribution in [1.29, 1.82) is 0 Å². The summed E-state index contributed by atoms with van der Waals surface area (Å²) in [5.74, 6) is -0.348. The van der Waals surface area contributed by atoms with Gasteiger partial charge in [-0.25, -0.2) is 0 Å². The Morgan fingerprint density at radius 2 is 1.67 bits per heavy atom. The van der Waals surface area contributed by atoms with Gasteiger partial charge in [0, 0.05) is 23.6 Å². The summed E-state index contributed by atoms with van der Waals surface area (Å²) in [4.78, 5) is 36.0. The molecule has 0 fully saturated rings. The number of carbonyl (C=O) groups excluding carboxylic acids is 3. The maximum atomic E-state index is 11.7. The first-order valence-electron chi connectivity index (χ1n) is 6.23. The zero-order valence-corrected chi connectivity index (χ0v) is 11.7. The lowest BCUT2D eigenvalue weighted by molar-refractivity contribution is -0.143. The largest absolute Gasteiger partial charge is 0.300 e. The fourth-order valence-corrected chi connectivity index (χ4v) is 2.45. The van der Waals surface area contributed by atoms with Gasteiger partial charge in [0.15, 0.2) is 0 Å². The molecule has 1 aliphatic rings. The first-order valence-corrected chi connectivity index (χ1v) is 6.23. The monoisotopic (exact) mass is 251 g/mol. The van der Waals surface area contributed by atoms with Crippen molar-refractivity contribution in [2.45, 2.75) is 46.6 Å². The van der Waals surface area contributed by atoms with Gasteiger partial charge >= 0.3 is 0 Å². The van der Waals surface area contributed by atoms with E-state index in [1.54, 1.807) is 6.92 Å². The molecule has 0 saturated carbocycles. The van der Waals surface area contributed by atoms with Gasteiger partial charge in [0.25, 0.3) is 11.8 Å². The molecule has 0 N–H and O–H groups in total. The molecule has 2 unspecified atom stereocenters. The summed E-state index contributed by atoms with van der Waals surface area (Å²) in [6, 6.07) is 0. The molecule has 0 spiro atoms. The Labute approximate surface area is 108 Å². The van der Waals surface area contributed by atoms with Crippen LogP contribution in [0.5, 0.6) is 0 Å². The summed E-state index contributed by atoms with van der Waals surface area (Å²) < 4.78 is 0. The van der Waals surface area contributed by atoms with Crippen LogP contribution in [0.15, 0.2) is 12.2 Å². The topological polar surface area (TPSA) is 54.5 Å². The molecule has 0 aromatic heterocycles. The second-order valence-corrected chi connectivity index (χ2v) is 5.74. The molecule has 4 nitrogen and oxygen atoms in total. The van der Waals surface area contributed by atoms with E-state index in [0.717, 1.165) is 0 Å². The van der Waals surface area contributed by atoms with Crippen LogP contribution in [0.4, 0.5) is 0 Å². The molecule has 0 bridgehead atoms. The predicted molar refractivity (Wildman–Crippen MR) is 68.7 cm³/mol. The molecule has 0 aromatic carbocycles. The Hall–Kier alpha value is -1.45. The van der Waals surface area contributed by atoms with Crippen LogP contribution in [-0.4, -0.2) is 28.0 Å². The number of Topliss-reactive ketones (excluding diaryl/α,β-unsaturated/α-hetero) is 1. The molecule has 1 heterocycles. The molecule has 1 aliphatic heterocycles. The number of nitrogens with zero attached hydrogens (tertiary/aromatic N) is 1. The van der Waals surface area contributed by atoms with Gasteiger partial charge in [-0.15, -0.1) is 0 Å². The third kappa shape index (κ3) is 2.86. The average molecular weight is 251 g/mol. The zero-order valence-electron chi connectivity index (χ0n) is 11.7. The van der Waals surface area contributed by atoms with E-state index in [1.165, 1.54) is 17.1 Å². The van der Waals surface area contributed by atoms with Crippen molar-refractivity contribution in [1.82, 2.24) is 4.90 Å². The normalized spacial score (nSPS) is 19.3. The van der Waals surface area contributed by atoms with Crippen molar-refractivity contribution in [3.05, 3.63) is 12.2 Å². The molecule has 0 aliphatic carbocycles. The summed E-state index contributed by atoms with van der Waals surface area (Å²) in [6.45, 7) is 9.15. The van der Waals surface area contributed by atoms with E-state index in [-0.39, 0.29) is 29.4 Å². The lowest BCUT2D eigenvalue weighted by Gasteiger charge is -2.37. The van der Waals surface area contributed by atoms with E-state index < -0.39 is 5.54 Å². The van der Waals surface area contributed by atoms with Crippen LogP contribution in [0.25, 0.3) is 0 Å². The highest BCUT2D eigenvalue weighted by Gasteiger charge is 2.38. The van der Waals surface area contributed by atoms with E-state index >= 15 is 0 Å². The first-order chi connectivity index (χ1) is 8.16. The van der Waals surface area contributed by atoms with Crippen molar-refractivity contribution < 1.29 is 14.4 Å². The van der Waals surface area contributed by atoms with Crippen LogP contribution < -0.4 is 0 Å². The molecule has 100 valence electrons. The van der Waals surface area contributed by atoms with Crippen LogP contribution >= 0.6 is 0 Å². The average Bonchev–Trinajstić information content (AvgIpc) is 2.56. The second-order valence-electron chi connectivity index (χ2n) is 5.74. The van der Waals surface area contributed by atoms with Gasteiger partial charge in [0.2, 0.25) is 0 Å². The smallest absolute Gasteiger partial charge is 0.254 e. The zero-order chi connectivity index (χ0) is 14.1. The number of imide groups is 1. The van der Waals surface area contributed by atoms with Gasteiger partial charge in [-0.1, -0.05) is 13.8 Å². The Morgan fingerprint density at radius 3 is 2.06 bits per heavy atom. The van der Waals surface area contributed by atoms with Gasteiger partial charge < -0.3 is 0 Å². The Kier molecular flexibility index (Phi) is 4.09. The number of hydrogen-bond acceptors (Lipinski definition) is 3. The van der Waals surface area contributed by atoms with Gasteiger partial charge in [-0.05, 0) is 33.1 Å². The molecular formula is C14H21NO3. The molecule has 0 radical (unpaired) electrons. The molecule has 1 rings (SSSR count). The summed E-state index contributed by atoms with van der Waals surface area (Å²) in [7, 11) is 0. The van der Waals surface area contributed by atoms with Crippen LogP contribution in [-0.2, 0) is 14.4 Å². The highest BCUT2D eigenvalue weighted by atomic mass is 16.2. The van der Waals surface area contributed by atoms with Gasteiger partial charge in [-0.3, -0.25) is 19.3 Å². The quantitative estimate of drug-likeness (QED) is 0.702. The second kappa shape index (κ2) is 5.04. The van der Waals surface area contributed by atoms with Gasteiger partial charge in [0.1, 0.15) is 5.78 Å². The highest BCUT2D eigenvalue weighted by Crippen LogP contribution is 2.30. The molecule has 18 heavy (non-hydrogen) atoms. The third-order valence-corrected chi connectivity index (χ3v) is 3.73. The van der Waals surface area contributed by atoms with Crippen LogP contribution in [0.2, 0.25) is 0 Å². The number of amides is 2. The lowest BCUT2D eigenvalue weighted by Crippen LogP contribution is -2.49. The molecule has 0 aromatic rings. The Balaban J connectivity index is 2.79. The van der Waals surface area contributed by atoms with E-state index in [9.17, 15) is 14.4 Å². The summed E-state index contributed by atoms with van der Waals surface area (Å²) in [5, 5.41) is 0.